The average molecular weight is 396 g/mol. The van der Waals surface area contributed by atoms with Crippen LogP contribution in [-0.4, -0.2) is 45.3 Å². The third-order valence-electron chi connectivity index (χ3n) is 5.11. The van der Waals surface area contributed by atoms with Crippen LogP contribution in [0.4, 0.5) is 30.7 Å². The van der Waals surface area contributed by atoms with Crippen LogP contribution in [0.15, 0.2) is 11.3 Å². The Hall–Kier alpha value is -2.01. The number of carboxylic acids is 2. The third-order valence-corrected chi connectivity index (χ3v) is 5.11. The Balaban J connectivity index is 3.75. The average Bonchev–Trinajstić information content (AvgIpc) is 2.64. The van der Waals surface area contributed by atoms with E-state index in [0.717, 1.165) is 20.8 Å². The fraction of sp³-hybridized carbons (Fsp3) is 0.714. The van der Waals surface area contributed by atoms with E-state index in [-0.39, 0.29) is 0 Å². The van der Waals surface area contributed by atoms with Crippen molar-refractivity contribution < 1.29 is 55.6 Å². The molecule has 0 aromatic heterocycles. The zero-order chi connectivity index (χ0) is 21.1. The first kappa shape index (κ1) is 22.0. The molecule has 1 aliphatic rings. The van der Waals surface area contributed by atoms with E-state index >= 15 is 0 Å². The molecule has 26 heavy (non-hydrogen) atoms. The number of aliphatic hydroxyl groups excluding tert-OH is 1. The van der Waals surface area contributed by atoms with E-state index in [9.17, 15) is 55.6 Å². The lowest BCUT2D eigenvalue weighted by atomic mass is 9.65. The van der Waals surface area contributed by atoms with Crippen LogP contribution in [0.5, 0.6) is 0 Å². The van der Waals surface area contributed by atoms with Gasteiger partial charge in [-0.1, -0.05) is 13.8 Å². The van der Waals surface area contributed by atoms with Crippen LogP contribution in [0.25, 0.3) is 0 Å². The first-order chi connectivity index (χ1) is 11.3. The second-order valence-corrected chi connectivity index (χ2v) is 6.83. The quantitative estimate of drug-likeness (QED) is 0.496. The molecule has 1 aliphatic carbocycles. The SMILES string of the molecule is CC1(C(=O)O)CC(=C(O)C(F)(F)C(F)(F)C(F)(F)F)C(C(=O)O)C1(C)C. The summed E-state index contributed by atoms with van der Waals surface area (Å²) >= 11 is 0. The second kappa shape index (κ2) is 5.74. The molecule has 150 valence electrons. The Labute approximate surface area is 142 Å². The molecule has 1 rings (SSSR count). The fourth-order valence-electron chi connectivity index (χ4n) is 3.02. The van der Waals surface area contributed by atoms with Gasteiger partial charge in [0.05, 0.1) is 11.3 Å². The van der Waals surface area contributed by atoms with Crippen molar-refractivity contribution in [3.8, 4) is 0 Å². The van der Waals surface area contributed by atoms with Gasteiger partial charge >= 0.3 is 30.0 Å². The lowest BCUT2D eigenvalue weighted by molar-refractivity contribution is -0.349. The molecule has 0 radical (unpaired) electrons. The van der Waals surface area contributed by atoms with Crippen LogP contribution in [0.1, 0.15) is 27.2 Å². The van der Waals surface area contributed by atoms with Crippen molar-refractivity contribution in [3.63, 3.8) is 0 Å². The number of aliphatic carboxylic acids is 2. The number of carboxylic acid groups (broad SMARTS) is 2. The van der Waals surface area contributed by atoms with Crippen molar-refractivity contribution in [2.24, 2.45) is 16.7 Å². The van der Waals surface area contributed by atoms with E-state index in [1.165, 1.54) is 0 Å². The van der Waals surface area contributed by atoms with Gasteiger partial charge in [-0.2, -0.15) is 30.7 Å². The highest BCUT2D eigenvalue weighted by Crippen LogP contribution is 2.61. The molecule has 5 nitrogen and oxygen atoms in total. The topological polar surface area (TPSA) is 94.8 Å². The molecule has 0 bridgehead atoms. The highest BCUT2D eigenvalue weighted by molar-refractivity contribution is 5.83. The summed E-state index contributed by atoms with van der Waals surface area (Å²) in [6, 6.07) is 0. The van der Waals surface area contributed by atoms with Gasteiger partial charge in [-0.15, -0.1) is 0 Å². The molecule has 1 saturated carbocycles. The van der Waals surface area contributed by atoms with Crippen LogP contribution in [0.3, 0.4) is 0 Å². The van der Waals surface area contributed by atoms with Crippen LogP contribution < -0.4 is 0 Å². The molecule has 2 unspecified atom stereocenters. The Kier molecular flexibility index (Phi) is 4.87. The van der Waals surface area contributed by atoms with Gasteiger partial charge in [-0.25, -0.2) is 0 Å². The van der Waals surface area contributed by atoms with Gasteiger partial charge < -0.3 is 15.3 Å². The van der Waals surface area contributed by atoms with Crippen LogP contribution in [0.2, 0.25) is 0 Å². The summed E-state index contributed by atoms with van der Waals surface area (Å²) in [5, 5.41) is 28.0. The summed E-state index contributed by atoms with van der Waals surface area (Å²) in [5.74, 6) is -21.5. The molecule has 3 N–H and O–H groups in total. The van der Waals surface area contributed by atoms with Gasteiger partial charge in [-0.05, 0) is 24.3 Å². The Morgan fingerprint density at radius 2 is 1.38 bits per heavy atom. The normalized spacial score (nSPS) is 28.8. The Morgan fingerprint density at radius 1 is 0.962 bits per heavy atom. The molecule has 2 atom stereocenters. The maximum Gasteiger partial charge on any atom is 0.460 e. The lowest BCUT2D eigenvalue weighted by Gasteiger charge is -2.36. The van der Waals surface area contributed by atoms with Crippen LogP contribution >= 0.6 is 0 Å². The summed E-state index contributed by atoms with van der Waals surface area (Å²) in [7, 11) is 0. The summed E-state index contributed by atoms with van der Waals surface area (Å²) in [5.41, 5.74) is -5.40. The van der Waals surface area contributed by atoms with E-state index < -0.39 is 64.5 Å². The molecule has 0 heterocycles. The molecular formula is C14H15F7O5. The van der Waals surface area contributed by atoms with Crippen molar-refractivity contribution in [2.45, 2.75) is 45.2 Å². The van der Waals surface area contributed by atoms with E-state index in [2.05, 4.69) is 0 Å². The molecule has 0 aliphatic heterocycles. The van der Waals surface area contributed by atoms with Gasteiger partial charge in [0.25, 0.3) is 0 Å². The van der Waals surface area contributed by atoms with Crippen LogP contribution in [-0.2, 0) is 9.59 Å². The standard InChI is InChI=1S/C14H15F7O5/c1-10(2)6(8(23)24)5(4-11(10,3)9(25)26)7(22)12(15,16)13(17,18)14(19,20)21/h6,22H,4H2,1-3H3,(H,23,24)(H,25,26). The van der Waals surface area contributed by atoms with E-state index in [4.69, 9.17) is 0 Å². The summed E-state index contributed by atoms with van der Waals surface area (Å²) in [4.78, 5) is 22.9. The number of alkyl halides is 7. The van der Waals surface area contributed by atoms with Crippen molar-refractivity contribution in [1.82, 2.24) is 0 Å². The van der Waals surface area contributed by atoms with Gasteiger partial charge in [0.15, 0.2) is 5.76 Å². The molecule has 0 aromatic rings. The highest BCUT2D eigenvalue weighted by atomic mass is 19.4. The van der Waals surface area contributed by atoms with Gasteiger partial charge in [0.2, 0.25) is 0 Å². The summed E-state index contributed by atoms with van der Waals surface area (Å²) < 4.78 is 90.7. The maximum absolute atomic E-state index is 13.8. The molecule has 0 aromatic carbocycles. The lowest BCUT2D eigenvalue weighted by Crippen LogP contribution is -2.53. The van der Waals surface area contributed by atoms with E-state index in [1.807, 2.05) is 0 Å². The summed E-state index contributed by atoms with van der Waals surface area (Å²) in [6.45, 7) is 2.95. The number of hydrogen-bond acceptors (Lipinski definition) is 3. The minimum Gasteiger partial charge on any atom is -0.506 e. The largest absolute Gasteiger partial charge is 0.506 e. The van der Waals surface area contributed by atoms with Crippen LogP contribution in [0, 0.1) is 16.7 Å². The first-order valence-corrected chi connectivity index (χ1v) is 6.98. The number of allylic oxidation sites excluding steroid dienone is 1. The van der Waals surface area contributed by atoms with Crippen molar-refractivity contribution in [2.75, 3.05) is 0 Å². The number of halogens is 7. The fourth-order valence-corrected chi connectivity index (χ4v) is 3.02. The molecule has 12 heteroatoms. The minimum atomic E-state index is -6.74. The number of carbonyl (C=O) groups is 2. The zero-order valence-electron chi connectivity index (χ0n) is 13.6. The van der Waals surface area contributed by atoms with Crippen molar-refractivity contribution in [1.29, 1.82) is 0 Å². The minimum absolute atomic E-state index is 0.922. The highest BCUT2D eigenvalue weighted by Gasteiger charge is 2.76. The predicted octanol–water partition coefficient (Wildman–Crippen LogP) is 3.85. The monoisotopic (exact) mass is 396 g/mol. The third kappa shape index (κ3) is 2.69. The zero-order valence-corrected chi connectivity index (χ0v) is 13.6. The number of rotatable bonds is 4. The molecule has 0 amide bonds. The predicted molar refractivity (Wildman–Crippen MR) is 70.9 cm³/mol. The maximum atomic E-state index is 13.8. The van der Waals surface area contributed by atoms with Crippen molar-refractivity contribution >= 4 is 11.9 Å². The molecular weight excluding hydrogens is 381 g/mol. The number of aliphatic hydroxyl groups is 1. The van der Waals surface area contributed by atoms with Gasteiger partial charge in [-0.3, -0.25) is 9.59 Å². The smallest absolute Gasteiger partial charge is 0.460 e. The van der Waals surface area contributed by atoms with Gasteiger partial charge in [0.1, 0.15) is 0 Å². The Bertz CT molecular complexity index is 665. The Morgan fingerprint density at radius 3 is 1.69 bits per heavy atom. The van der Waals surface area contributed by atoms with E-state index in [0.29, 0.717) is 0 Å². The number of hydrogen-bond donors (Lipinski definition) is 3. The van der Waals surface area contributed by atoms with Crippen molar-refractivity contribution in [3.05, 3.63) is 11.3 Å². The second-order valence-electron chi connectivity index (χ2n) is 6.83. The summed E-state index contributed by atoms with van der Waals surface area (Å²) in [6.07, 6.45) is -7.89. The van der Waals surface area contributed by atoms with E-state index in [1.54, 1.807) is 0 Å². The molecule has 0 spiro atoms. The first-order valence-electron chi connectivity index (χ1n) is 6.98. The van der Waals surface area contributed by atoms with Gasteiger partial charge in [0, 0.05) is 0 Å². The molecule has 0 saturated heterocycles. The molecule has 1 fully saturated rings.